The molecule has 0 amide bonds. The van der Waals surface area contributed by atoms with Gasteiger partial charge in [0.2, 0.25) is 0 Å². The smallest absolute Gasteiger partial charge is 0.414 e. The average Bonchev–Trinajstić information content (AvgIpc) is 2.20. The van der Waals surface area contributed by atoms with Crippen LogP contribution in [0.4, 0.5) is 0 Å². The van der Waals surface area contributed by atoms with Crippen LogP contribution in [0.15, 0.2) is 12.2 Å². The van der Waals surface area contributed by atoms with Crippen LogP contribution in [0.1, 0.15) is 39.0 Å². The molecule has 1 aliphatic rings. The molecule has 0 unspecified atom stereocenters. The number of carbonyl (C=O) groups is 1. The van der Waals surface area contributed by atoms with Gasteiger partial charge in [0.05, 0.1) is 0 Å². The van der Waals surface area contributed by atoms with E-state index in [-0.39, 0.29) is 12.1 Å². The molecule has 0 saturated heterocycles. The number of aliphatic hydroxyl groups excluding tert-OH is 1. The molecule has 1 saturated carbocycles. The van der Waals surface area contributed by atoms with E-state index in [1.807, 2.05) is 0 Å². The Morgan fingerprint density at radius 3 is 2.27 bits per heavy atom. The highest BCUT2D eigenvalue weighted by Gasteiger charge is 2.17. The van der Waals surface area contributed by atoms with E-state index in [1.165, 1.54) is 19.3 Å². The summed E-state index contributed by atoms with van der Waals surface area (Å²) in [6, 6.07) is 0. The van der Waals surface area contributed by atoms with Crippen LogP contribution in [-0.2, 0) is 14.3 Å². The zero-order valence-corrected chi connectivity index (χ0v) is 8.99. The maximum Gasteiger partial charge on any atom is 0.414 e. The quantitative estimate of drug-likeness (QED) is 0.563. The molecule has 4 nitrogen and oxygen atoms in total. The molecule has 1 N–H and O–H groups in total. The molecule has 1 aliphatic carbocycles. The summed E-state index contributed by atoms with van der Waals surface area (Å²) in [6.07, 6.45) is 5.87. The first kappa shape index (κ1) is 13.7. The molecular formula is C11H17O4. The summed E-state index contributed by atoms with van der Waals surface area (Å²) < 4.78 is 5.21. The third-order valence-corrected chi connectivity index (χ3v) is 2.17. The van der Waals surface area contributed by atoms with Crippen molar-refractivity contribution >= 4 is 12.4 Å². The molecule has 85 valence electrons. The maximum atomic E-state index is 11.1. The summed E-state index contributed by atoms with van der Waals surface area (Å²) in [7, 11) is 0. The summed E-state index contributed by atoms with van der Waals surface area (Å²) in [4.78, 5) is 19.3. The van der Waals surface area contributed by atoms with Crippen molar-refractivity contribution in [1.29, 1.82) is 0 Å². The van der Waals surface area contributed by atoms with E-state index in [9.17, 15) is 4.79 Å². The highest BCUT2D eigenvalue weighted by molar-refractivity contribution is 5.87. The lowest BCUT2D eigenvalue weighted by Gasteiger charge is -2.21. The fourth-order valence-corrected chi connectivity index (χ4v) is 1.43. The van der Waals surface area contributed by atoms with Crippen LogP contribution in [0.5, 0.6) is 0 Å². The summed E-state index contributed by atoms with van der Waals surface area (Å²) in [5, 5.41) is 6.76. The topological polar surface area (TPSA) is 63.6 Å². The standard InChI is InChI=1S/C10H16O2.CHO2/c1-8(2)10(11)12-9-6-4-3-5-7-9;2-1-3/h9H,1,3-7H2,2H3;(H,2,3). The zero-order chi connectivity index (χ0) is 11.7. The van der Waals surface area contributed by atoms with Gasteiger partial charge in [0.25, 0.3) is 0 Å². The van der Waals surface area contributed by atoms with Crippen LogP contribution >= 0.6 is 0 Å². The van der Waals surface area contributed by atoms with Crippen molar-refractivity contribution < 1.29 is 19.4 Å². The van der Waals surface area contributed by atoms with Gasteiger partial charge in [0.1, 0.15) is 6.10 Å². The fraction of sp³-hybridized carbons (Fsp3) is 0.636. The summed E-state index contributed by atoms with van der Waals surface area (Å²) in [6.45, 7) is 5.73. The average molecular weight is 213 g/mol. The Morgan fingerprint density at radius 2 is 1.87 bits per heavy atom. The lowest BCUT2D eigenvalue weighted by Crippen LogP contribution is -2.20. The first-order valence-corrected chi connectivity index (χ1v) is 4.99. The molecular weight excluding hydrogens is 196 g/mol. The molecule has 0 aliphatic heterocycles. The Bertz CT molecular complexity index is 217. The van der Waals surface area contributed by atoms with E-state index >= 15 is 0 Å². The minimum absolute atomic E-state index is 0.156. The molecule has 1 rings (SSSR count). The Hall–Kier alpha value is -1.32. The second-order valence-corrected chi connectivity index (χ2v) is 3.54. The van der Waals surface area contributed by atoms with Gasteiger partial charge in [-0.2, -0.15) is 0 Å². The van der Waals surface area contributed by atoms with E-state index in [0.717, 1.165) is 12.8 Å². The van der Waals surface area contributed by atoms with Gasteiger partial charge in [-0.25, -0.2) is 9.59 Å². The van der Waals surface area contributed by atoms with Crippen molar-refractivity contribution in [2.24, 2.45) is 0 Å². The van der Waals surface area contributed by atoms with Gasteiger partial charge in [-0.15, -0.1) is 0 Å². The van der Waals surface area contributed by atoms with E-state index in [1.54, 1.807) is 6.92 Å². The Morgan fingerprint density at radius 1 is 1.40 bits per heavy atom. The SMILES string of the molecule is C=C(C)C(=O)OC1CCCCC1.O=[C]O. The minimum Gasteiger partial charge on any atom is -0.473 e. The highest BCUT2D eigenvalue weighted by atomic mass is 16.5. The molecule has 0 aromatic rings. The molecule has 0 atom stereocenters. The Labute approximate surface area is 89.9 Å². The van der Waals surface area contributed by atoms with Crippen molar-refractivity contribution in [3.8, 4) is 0 Å². The van der Waals surface area contributed by atoms with Gasteiger partial charge < -0.3 is 9.84 Å². The monoisotopic (exact) mass is 213 g/mol. The van der Waals surface area contributed by atoms with Crippen LogP contribution in [0, 0.1) is 0 Å². The molecule has 0 bridgehead atoms. The van der Waals surface area contributed by atoms with Gasteiger partial charge in [0, 0.05) is 5.57 Å². The maximum absolute atomic E-state index is 11.1. The highest BCUT2D eigenvalue weighted by Crippen LogP contribution is 2.20. The van der Waals surface area contributed by atoms with Crippen molar-refractivity contribution in [3.63, 3.8) is 0 Å². The van der Waals surface area contributed by atoms with E-state index in [4.69, 9.17) is 14.6 Å². The lowest BCUT2D eigenvalue weighted by molar-refractivity contribution is -0.145. The molecule has 0 spiro atoms. The van der Waals surface area contributed by atoms with Gasteiger partial charge >= 0.3 is 12.4 Å². The second kappa shape index (κ2) is 8.03. The first-order chi connectivity index (χ1) is 7.11. The van der Waals surface area contributed by atoms with Gasteiger partial charge in [-0.05, 0) is 32.6 Å². The number of ether oxygens (including phenoxy) is 1. The number of rotatable bonds is 2. The first-order valence-electron chi connectivity index (χ1n) is 4.99. The zero-order valence-electron chi connectivity index (χ0n) is 8.99. The van der Waals surface area contributed by atoms with Crippen LogP contribution < -0.4 is 0 Å². The predicted octanol–water partition coefficient (Wildman–Crippen LogP) is 2.05. The summed E-state index contributed by atoms with van der Waals surface area (Å²) >= 11 is 0. The van der Waals surface area contributed by atoms with Crippen molar-refractivity contribution in [3.05, 3.63) is 12.2 Å². The Kier molecular flexibility index (Phi) is 7.32. The molecule has 1 fully saturated rings. The van der Waals surface area contributed by atoms with Crippen molar-refractivity contribution in [2.45, 2.75) is 45.1 Å². The number of carbonyl (C=O) groups excluding carboxylic acids is 1. The van der Waals surface area contributed by atoms with E-state index < -0.39 is 0 Å². The molecule has 15 heavy (non-hydrogen) atoms. The van der Waals surface area contributed by atoms with Gasteiger partial charge in [-0.3, -0.25) is 0 Å². The van der Waals surface area contributed by atoms with Crippen molar-refractivity contribution in [1.82, 2.24) is 0 Å². The normalized spacial score (nSPS) is 15.8. The van der Waals surface area contributed by atoms with E-state index in [0.29, 0.717) is 12.0 Å². The third kappa shape index (κ3) is 6.71. The molecule has 0 aromatic heterocycles. The summed E-state index contributed by atoms with van der Waals surface area (Å²) in [5.41, 5.74) is 0.501. The molecule has 0 aromatic carbocycles. The van der Waals surface area contributed by atoms with Crippen LogP contribution in [0.3, 0.4) is 0 Å². The summed E-state index contributed by atoms with van der Waals surface area (Å²) in [5.74, 6) is -0.234. The lowest BCUT2D eigenvalue weighted by atomic mass is 9.98. The fourth-order valence-electron chi connectivity index (χ4n) is 1.43. The minimum atomic E-state index is -0.234. The van der Waals surface area contributed by atoms with Gasteiger partial charge in [0.15, 0.2) is 0 Å². The van der Waals surface area contributed by atoms with Crippen molar-refractivity contribution in [2.75, 3.05) is 0 Å². The molecule has 4 heteroatoms. The van der Waals surface area contributed by atoms with Gasteiger partial charge in [-0.1, -0.05) is 13.0 Å². The molecule has 0 heterocycles. The number of esters is 1. The third-order valence-electron chi connectivity index (χ3n) is 2.17. The molecule has 1 radical (unpaired) electrons. The van der Waals surface area contributed by atoms with E-state index in [2.05, 4.69) is 6.58 Å². The largest absolute Gasteiger partial charge is 0.473 e. The Balaban J connectivity index is 0.000000583. The van der Waals surface area contributed by atoms with Crippen LogP contribution in [-0.4, -0.2) is 23.7 Å². The predicted molar refractivity (Wildman–Crippen MR) is 56.1 cm³/mol. The second-order valence-electron chi connectivity index (χ2n) is 3.54. The number of hydrogen-bond donors (Lipinski definition) is 1. The number of hydrogen-bond acceptors (Lipinski definition) is 3. The van der Waals surface area contributed by atoms with Crippen LogP contribution in [0.25, 0.3) is 0 Å². The van der Waals surface area contributed by atoms with Crippen LogP contribution in [0.2, 0.25) is 0 Å².